The van der Waals surface area contributed by atoms with Crippen LogP contribution in [-0.4, -0.2) is 46.7 Å². The molecule has 0 radical (unpaired) electrons. The predicted octanol–water partition coefficient (Wildman–Crippen LogP) is 3.17. The molecule has 1 aliphatic rings. The molecule has 0 atom stereocenters. The number of hydrogen-bond donors (Lipinski definition) is 1. The van der Waals surface area contributed by atoms with Crippen LogP contribution in [0.15, 0.2) is 30.1 Å². The van der Waals surface area contributed by atoms with Gasteiger partial charge in [0.1, 0.15) is 5.82 Å². The zero-order valence-electron chi connectivity index (χ0n) is 15.7. The highest BCUT2D eigenvalue weighted by atomic mass is 15.3. The third-order valence-electron chi connectivity index (χ3n) is 4.57. The molecule has 0 saturated carbocycles. The Morgan fingerprint density at radius 2 is 2.04 bits per heavy atom. The molecule has 134 valence electrons. The van der Waals surface area contributed by atoms with E-state index in [0.717, 1.165) is 42.1 Å². The first-order chi connectivity index (χ1) is 12.0. The van der Waals surface area contributed by atoms with Crippen molar-refractivity contribution in [3.8, 4) is 0 Å². The maximum Gasteiger partial charge on any atom is 0.167 e. The summed E-state index contributed by atoms with van der Waals surface area (Å²) in [4.78, 5) is 9.26. The van der Waals surface area contributed by atoms with Crippen molar-refractivity contribution in [3.63, 3.8) is 0 Å². The van der Waals surface area contributed by atoms with Crippen molar-refractivity contribution in [3.05, 3.63) is 35.7 Å². The van der Waals surface area contributed by atoms with Crippen LogP contribution in [0, 0.1) is 0 Å². The Kier molecular flexibility index (Phi) is 4.97. The van der Waals surface area contributed by atoms with Crippen LogP contribution in [0.4, 0.5) is 11.6 Å². The molecular weight excluding hydrogens is 312 g/mol. The second-order valence-corrected chi connectivity index (χ2v) is 6.90. The largest absolute Gasteiger partial charge is 0.383 e. The van der Waals surface area contributed by atoms with Crippen molar-refractivity contribution >= 4 is 22.9 Å². The minimum Gasteiger partial charge on any atom is -0.383 e. The van der Waals surface area contributed by atoms with E-state index < -0.39 is 0 Å². The number of nitrogens with zero attached hydrogens (tertiary/aromatic N) is 5. The number of rotatable bonds is 5. The molecule has 0 bridgehead atoms. The number of allylic oxidation sites excluding steroid dienone is 3. The first kappa shape index (κ1) is 17.3. The van der Waals surface area contributed by atoms with Crippen molar-refractivity contribution in [2.24, 2.45) is 0 Å². The maximum atomic E-state index is 6.28. The van der Waals surface area contributed by atoms with Crippen LogP contribution in [0.3, 0.4) is 0 Å². The third-order valence-corrected chi connectivity index (χ3v) is 4.57. The molecule has 3 heterocycles. The van der Waals surface area contributed by atoms with Gasteiger partial charge in [-0.2, -0.15) is 0 Å². The van der Waals surface area contributed by atoms with Gasteiger partial charge in [0.15, 0.2) is 11.5 Å². The fraction of sp³-hybridized carbons (Fsp3) is 0.474. The summed E-state index contributed by atoms with van der Waals surface area (Å²) in [7, 11) is 4.03. The van der Waals surface area contributed by atoms with Crippen molar-refractivity contribution in [2.75, 3.05) is 37.8 Å². The highest BCUT2D eigenvalue weighted by Crippen LogP contribution is 2.29. The molecule has 0 spiro atoms. The van der Waals surface area contributed by atoms with E-state index in [1.807, 2.05) is 31.3 Å². The highest BCUT2D eigenvalue weighted by Gasteiger charge is 2.19. The van der Waals surface area contributed by atoms with Crippen molar-refractivity contribution in [2.45, 2.75) is 33.1 Å². The minimum absolute atomic E-state index is 0.513. The van der Waals surface area contributed by atoms with E-state index in [4.69, 9.17) is 10.7 Å². The molecule has 3 rings (SSSR count). The van der Waals surface area contributed by atoms with Gasteiger partial charge < -0.3 is 15.5 Å². The van der Waals surface area contributed by atoms with Crippen LogP contribution >= 0.6 is 0 Å². The van der Waals surface area contributed by atoms with Crippen molar-refractivity contribution < 1.29 is 0 Å². The Hall–Kier alpha value is -2.50. The lowest BCUT2D eigenvalue weighted by molar-refractivity contribution is 0.566. The summed E-state index contributed by atoms with van der Waals surface area (Å²) in [6, 6.07) is 2.02. The second kappa shape index (κ2) is 7.17. The van der Waals surface area contributed by atoms with Crippen LogP contribution in [0.2, 0.25) is 0 Å². The lowest BCUT2D eigenvalue weighted by atomic mass is 10.0. The summed E-state index contributed by atoms with van der Waals surface area (Å²) < 4.78 is 1.78. The minimum atomic E-state index is 0.513. The molecule has 1 fully saturated rings. The molecule has 2 N–H and O–H groups in total. The number of nitrogen functional groups attached to an aromatic ring is 1. The maximum absolute atomic E-state index is 6.28. The van der Waals surface area contributed by atoms with Crippen molar-refractivity contribution in [1.82, 2.24) is 19.5 Å². The summed E-state index contributed by atoms with van der Waals surface area (Å²) >= 11 is 0. The number of aromatic nitrogens is 3. The van der Waals surface area contributed by atoms with Gasteiger partial charge in [-0.05, 0) is 32.3 Å². The van der Waals surface area contributed by atoms with Gasteiger partial charge in [-0.25, -0.2) is 9.50 Å². The van der Waals surface area contributed by atoms with Crippen LogP contribution in [0.25, 0.3) is 11.2 Å². The molecule has 2 aromatic rings. The average molecular weight is 340 g/mol. The lowest BCUT2D eigenvalue weighted by Gasteiger charge is -2.16. The number of anilines is 2. The summed E-state index contributed by atoms with van der Waals surface area (Å²) in [6.45, 7) is 6.42. The Morgan fingerprint density at radius 1 is 1.32 bits per heavy atom. The fourth-order valence-electron chi connectivity index (χ4n) is 3.16. The molecule has 1 aliphatic heterocycles. The molecule has 1 saturated heterocycles. The predicted molar refractivity (Wildman–Crippen MR) is 105 cm³/mol. The van der Waals surface area contributed by atoms with E-state index in [1.165, 1.54) is 18.4 Å². The molecular formula is C19H28N6. The van der Waals surface area contributed by atoms with Crippen LogP contribution < -0.4 is 10.6 Å². The van der Waals surface area contributed by atoms with Crippen LogP contribution in [0.5, 0.6) is 0 Å². The van der Waals surface area contributed by atoms with E-state index in [1.54, 1.807) is 4.52 Å². The molecule has 0 unspecified atom stereocenters. The summed E-state index contributed by atoms with van der Waals surface area (Å²) in [5.74, 6) is 1.52. The molecule has 2 aromatic heterocycles. The quantitative estimate of drug-likeness (QED) is 0.847. The topological polar surface area (TPSA) is 62.7 Å². The van der Waals surface area contributed by atoms with Crippen LogP contribution in [0.1, 0.15) is 38.7 Å². The number of hydrogen-bond acceptors (Lipinski definition) is 5. The van der Waals surface area contributed by atoms with Gasteiger partial charge >= 0.3 is 0 Å². The lowest BCUT2D eigenvalue weighted by Crippen LogP contribution is -2.19. The summed E-state index contributed by atoms with van der Waals surface area (Å²) in [6.07, 6.45) is 9.67. The van der Waals surface area contributed by atoms with Gasteiger partial charge in [0.2, 0.25) is 0 Å². The molecule has 6 heteroatoms. The van der Waals surface area contributed by atoms with Gasteiger partial charge in [0.25, 0.3) is 0 Å². The Balaban J connectivity index is 2.15. The second-order valence-electron chi connectivity index (χ2n) is 6.90. The SMILES string of the molecule is CC/C(C)=C\C(=C/N(C)C)c1c(N)nn2ccc(N3CCCC3)nc12. The monoisotopic (exact) mass is 340 g/mol. The van der Waals surface area contributed by atoms with E-state index in [-0.39, 0.29) is 0 Å². The summed E-state index contributed by atoms with van der Waals surface area (Å²) in [5.41, 5.74) is 10.3. The van der Waals surface area contributed by atoms with Gasteiger partial charge in [-0.15, -0.1) is 5.10 Å². The standard InChI is InChI=1S/C19H28N6/c1-5-14(2)12-15(13-23(3)4)17-18(20)22-25-11-8-16(21-19(17)25)24-9-6-7-10-24/h8,11-13H,5-7,9-10H2,1-4H3,(H2,20,22)/b14-12-,15-13+. The third kappa shape index (κ3) is 3.62. The van der Waals surface area contributed by atoms with Gasteiger partial charge in [-0.1, -0.05) is 18.6 Å². The Morgan fingerprint density at radius 3 is 2.68 bits per heavy atom. The average Bonchev–Trinajstić information content (AvgIpc) is 3.19. The Bertz CT molecular complexity index is 809. The number of nitrogens with two attached hydrogens (primary N) is 1. The first-order valence-electron chi connectivity index (χ1n) is 8.95. The first-order valence-corrected chi connectivity index (χ1v) is 8.95. The molecule has 0 amide bonds. The summed E-state index contributed by atoms with van der Waals surface area (Å²) in [5, 5.41) is 4.47. The van der Waals surface area contributed by atoms with E-state index in [2.05, 4.69) is 36.1 Å². The molecule has 25 heavy (non-hydrogen) atoms. The van der Waals surface area contributed by atoms with Crippen molar-refractivity contribution in [1.29, 1.82) is 0 Å². The fourth-order valence-corrected chi connectivity index (χ4v) is 3.16. The zero-order valence-corrected chi connectivity index (χ0v) is 15.7. The van der Waals surface area contributed by atoms with E-state index in [0.29, 0.717) is 5.82 Å². The van der Waals surface area contributed by atoms with Gasteiger partial charge in [0, 0.05) is 45.2 Å². The number of fused-ring (bicyclic) bond motifs is 1. The normalized spacial score (nSPS) is 16.1. The van der Waals surface area contributed by atoms with Gasteiger partial charge in [0.05, 0.1) is 5.56 Å². The molecule has 0 aliphatic carbocycles. The van der Waals surface area contributed by atoms with Gasteiger partial charge in [-0.3, -0.25) is 0 Å². The smallest absolute Gasteiger partial charge is 0.167 e. The molecule has 6 nitrogen and oxygen atoms in total. The Labute approximate surface area is 149 Å². The molecule has 0 aromatic carbocycles. The van der Waals surface area contributed by atoms with Crippen LogP contribution in [-0.2, 0) is 0 Å². The van der Waals surface area contributed by atoms with E-state index >= 15 is 0 Å². The zero-order chi connectivity index (χ0) is 18.0. The highest BCUT2D eigenvalue weighted by molar-refractivity contribution is 5.88. The van der Waals surface area contributed by atoms with E-state index in [9.17, 15) is 0 Å².